The minimum atomic E-state index is -0.932. The molecule has 0 aromatic carbocycles. The molecule has 12 heavy (non-hydrogen) atoms. The predicted octanol–water partition coefficient (Wildman–Crippen LogP) is 2.86. The Kier molecular flexibility index (Phi) is 14.9. The molecule has 0 aliphatic rings. The Morgan fingerprint density at radius 1 is 1.17 bits per heavy atom. The van der Waals surface area contributed by atoms with Crippen molar-refractivity contribution in [2.45, 2.75) is 46.5 Å². The highest BCUT2D eigenvalue weighted by molar-refractivity contribution is 5.64. The highest BCUT2D eigenvalue weighted by atomic mass is 16.4. The fraction of sp³-hybridized carbons (Fsp3) is 0.889. The van der Waals surface area contributed by atoms with Gasteiger partial charge in [-0.3, -0.25) is 0 Å². The molecule has 1 amide bonds. The molecular weight excluding hydrogens is 154 g/mol. The number of carboxylic acid groups (broad SMARTS) is 1. The maximum atomic E-state index is 9.76. The second kappa shape index (κ2) is 12.9. The van der Waals surface area contributed by atoms with Gasteiger partial charge < -0.3 is 10.4 Å². The van der Waals surface area contributed by atoms with Gasteiger partial charge in [-0.25, -0.2) is 4.79 Å². The lowest BCUT2D eigenvalue weighted by Crippen LogP contribution is -2.21. The van der Waals surface area contributed by atoms with Crippen LogP contribution in [0.25, 0.3) is 0 Å². The normalized spacial score (nSPS) is 8.25. The molecule has 74 valence electrons. The molecule has 3 nitrogen and oxygen atoms in total. The van der Waals surface area contributed by atoms with Crippen molar-refractivity contribution in [3.63, 3.8) is 0 Å². The molecule has 0 spiro atoms. The summed E-state index contributed by atoms with van der Waals surface area (Å²) in [6, 6.07) is 0. The number of carbonyl (C=O) groups is 1. The van der Waals surface area contributed by atoms with Gasteiger partial charge in [0.15, 0.2) is 0 Å². The third kappa shape index (κ3) is 22.8. The Labute approximate surface area is 75.2 Å². The molecule has 0 aromatic heterocycles. The van der Waals surface area contributed by atoms with E-state index in [9.17, 15) is 4.79 Å². The molecule has 0 aromatic rings. The first-order chi connectivity index (χ1) is 5.68. The van der Waals surface area contributed by atoms with Crippen molar-refractivity contribution in [3.05, 3.63) is 0 Å². The molecule has 0 atom stereocenters. The predicted molar refractivity (Wildman–Crippen MR) is 51.5 cm³/mol. The number of hydrogen-bond donors (Lipinski definition) is 2. The van der Waals surface area contributed by atoms with E-state index in [4.69, 9.17) is 5.11 Å². The molecule has 0 saturated heterocycles. The Bertz CT molecular complexity index is 92.5. The van der Waals surface area contributed by atoms with E-state index in [2.05, 4.69) is 19.2 Å². The summed E-state index contributed by atoms with van der Waals surface area (Å²) < 4.78 is 0. The van der Waals surface area contributed by atoms with Crippen LogP contribution in [0.4, 0.5) is 4.79 Å². The van der Waals surface area contributed by atoms with Crippen molar-refractivity contribution in [1.82, 2.24) is 5.32 Å². The Balaban J connectivity index is 0. The molecule has 0 heterocycles. The molecular formula is C9H21NO2. The van der Waals surface area contributed by atoms with Crippen molar-refractivity contribution in [2.24, 2.45) is 0 Å². The third-order valence-electron chi connectivity index (χ3n) is 1.31. The van der Waals surface area contributed by atoms with E-state index in [-0.39, 0.29) is 0 Å². The molecule has 3 heteroatoms. The van der Waals surface area contributed by atoms with E-state index in [1.54, 1.807) is 0 Å². The van der Waals surface area contributed by atoms with Gasteiger partial charge in [-0.1, -0.05) is 40.0 Å². The van der Waals surface area contributed by atoms with Gasteiger partial charge in [0.05, 0.1) is 0 Å². The van der Waals surface area contributed by atoms with Crippen LogP contribution in [0.5, 0.6) is 0 Å². The van der Waals surface area contributed by atoms with E-state index >= 15 is 0 Å². The average Bonchev–Trinajstić information content (AvgIpc) is 2.05. The zero-order valence-electron chi connectivity index (χ0n) is 8.39. The lowest BCUT2D eigenvalue weighted by Gasteiger charge is -1.94. The number of amides is 1. The molecule has 0 fully saturated rings. The van der Waals surface area contributed by atoms with Crippen molar-refractivity contribution >= 4 is 6.09 Å². The second-order valence-electron chi connectivity index (χ2n) is 2.59. The van der Waals surface area contributed by atoms with Gasteiger partial charge in [-0.2, -0.15) is 0 Å². The van der Waals surface area contributed by atoms with Crippen LogP contribution in [0.15, 0.2) is 0 Å². The van der Waals surface area contributed by atoms with Gasteiger partial charge in [0.2, 0.25) is 0 Å². The van der Waals surface area contributed by atoms with Gasteiger partial charge in [-0.15, -0.1) is 0 Å². The smallest absolute Gasteiger partial charge is 0.404 e. The largest absolute Gasteiger partial charge is 0.465 e. The van der Waals surface area contributed by atoms with E-state index in [1.807, 2.05) is 6.92 Å². The lowest BCUT2D eigenvalue weighted by atomic mass is 10.3. The standard InChI is InChI=1S/C5H11NO2.C4H10/c1-2-3-4-6-5(7)8;1-3-4-2/h6H,2-4H2,1H3,(H,7,8);3-4H2,1-2H3. The number of nitrogens with one attached hydrogen (secondary N) is 1. The van der Waals surface area contributed by atoms with Crippen molar-refractivity contribution in [3.8, 4) is 0 Å². The first kappa shape index (κ1) is 13.8. The molecule has 0 rings (SSSR count). The second-order valence-corrected chi connectivity index (χ2v) is 2.59. The number of rotatable bonds is 4. The lowest BCUT2D eigenvalue weighted by molar-refractivity contribution is 0.194. The number of hydrogen-bond acceptors (Lipinski definition) is 1. The van der Waals surface area contributed by atoms with Crippen LogP contribution in [0.1, 0.15) is 46.5 Å². The minimum Gasteiger partial charge on any atom is -0.465 e. The van der Waals surface area contributed by atoms with E-state index in [0.717, 1.165) is 12.8 Å². The zero-order chi connectivity index (χ0) is 9.82. The summed E-state index contributed by atoms with van der Waals surface area (Å²) in [5.74, 6) is 0. The summed E-state index contributed by atoms with van der Waals surface area (Å²) in [6.07, 6.45) is 3.66. The van der Waals surface area contributed by atoms with Crippen LogP contribution in [0.3, 0.4) is 0 Å². The Morgan fingerprint density at radius 3 is 1.92 bits per heavy atom. The van der Waals surface area contributed by atoms with Crippen LogP contribution < -0.4 is 5.32 Å². The first-order valence-electron chi connectivity index (χ1n) is 4.65. The monoisotopic (exact) mass is 175 g/mol. The van der Waals surface area contributed by atoms with Crippen LogP contribution >= 0.6 is 0 Å². The van der Waals surface area contributed by atoms with Gasteiger partial charge in [-0.05, 0) is 6.42 Å². The summed E-state index contributed by atoms with van der Waals surface area (Å²) >= 11 is 0. The van der Waals surface area contributed by atoms with Crippen LogP contribution in [-0.2, 0) is 0 Å². The van der Waals surface area contributed by atoms with E-state index < -0.39 is 6.09 Å². The summed E-state index contributed by atoms with van der Waals surface area (Å²) in [7, 11) is 0. The van der Waals surface area contributed by atoms with E-state index in [1.165, 1.54) is 12.8 Å². The van der Waals surface area contributed by atoms with E-state index in [0.29, 0.717) is 6.54 Å². The molecule has 0 aliphatic carbocycles. The van der Waals surface area contributed by atoms with Gasteiger partial charge in [0, 0.05) is 6.54 Å². The Hall–Kier alpha value is -0.730. The highest BCUT2D eigenvalue weighted by Crippen LogP contribution is 1.80. The van der Waals surface area contributed by atoms with Gasteiger partial charge >= 0.3 is 6.09 Å². The van der Waals surface area contributed by atoms with Gasteiger partial charge in [0.1, 0.15) is 0 Å². The quantitative estimate of drug-likeness (QED) is 0.645. The molecule has 0 unspecified atom stereocenters. The first-order valence-corrected chi connectivity index (χ1v) is 4.65. The summed E-state index contributed by atoms with van der Waals surface area (Å²) in [5, 5.41) is 10.3. The minimum absolute atomic E-state index is 0.575. The molecule has 0 saturated carbocycles. The fourth-order valence-corrected chi connectivity index (χ4v) is 0.372. The van der Waals surface area contributed by atoms with Crippen LogP contribution in [0.2, 0.25) is 0 Å². The maximum absolute atomic E-state index is 9.76. The maximum Gasteiger partial charge on any atom is 0.404 e. The van der Waals surface area contributed by atoms with Crippen LogP contribution in [-0.4, -0.2) is 17.7 Å². The van der Waals surface area contributed by atoms with Crippen LogP contribution in [0, 0.1) is 0 Å². The zero-order valence-corrected chi connectivity index (χ0v) is 8.39. The van der Waals surface area contributed by atoms with Crippen molar-refractivity contribution in [1.29, 1.82) is 0 Å². The SMILES string of the molecule is CCCC.CCCCNC(=O)O. The summed E-state index contributed by atoms with van der Waals surface area (Å²) in [4.78, 5) is 9.76. The third-order valence-corrected chi connectivity index (χ3v) is 1.31. The van der Waals surface area contributed by atoms with Crippen molar-refractivity contribution in [2.75, 3.05) is 6.54 Å². The molecule has 0 aliphatic heterocycles. The molecule has 0 radical (unpaired) electrons. The summed E-state index contributed by atoms with van der Waals surface area (Å²) in [6.45, 7) is 6.95. The van der Waals surface area contributed by atoms with Crippen molar-refractivity contribution < 1.29 is 9.90 Å². The molecule has 2 N–H and O–H groups in total. The summed E-state index contributed by atoms with van der Waals surface area (Å²) in [5.41, 5.74) is 0. The number of unbranched alkanes of at least 4 members (excludes halogenated alkanes) is 2. The Morgan fingerprint density at radius 2 is 1.67 bits per heavy atom. The fourth-order valence-electron chi connectivity index (χ4n) is 0.372. The average molecular weight is 175 g/mol. The van der Waals surface area contributed by atoms with Gasteiger partial charge in [0.25, 0.3) is 0 Å². The highest BCUT2D eigenvalue weighted by Gasteiger charge is 1.88. The topological polar surface area (TPSA) is 49.3 Å². The molecule has 0 bridgehead atoms.